The van der Waals surface area contributed by atoms with Gasteiger partial charge in [-0.15, -0.1) is 22.0 Å². The minimum absolute atomic E-state index is 0.697. The van der Waals surface area contributed by atoms with E-state index in [4.69, 9.17) is 0 Å². The van der Waals surface area contributed by atoms with Crippen molar-refractivity contribution in [2.45, 2.75) is 44.6 Å². The lowest BCUT2D eigenvalue weighted by molar-refractivity contribution is 0.0880. The molecular formula is C20H24N4S2. The number of nitrogens with one attached hydrogen (secondary N) is 1. The van der Waals surface area contributed by atoms with Crippen LogP contribution in [0.1, 0.15) is 44.2 Å². The summed E-state index contributed by atoms with van der Waals surface area (Å²) in [6.45, 7) is 1.16. The SMILES string of the molecule is c1ccc2nnc(C3=C(N4CCCC5CCCCC54)NSCS3)cc2c1. The maximum Gasteiger partial charge on any atom is 0.128 e. The first kappa shape index (κ1) is 16.8. The Labute approximate surface area is 163 Å². The Bertz CT molecular complexity index is 835. The zero-order chi connectivity index (χ0) is 17.3. The molecule has 1 N–H and O–H groups in total. The highest BCUT2D eigenvalue weighted by molar-refractivity contribution is 8.20. The molecule has 4 nitrogen and oxygen atoms in total. The molecule has 1 aromatic heterocycles. The summed E-state index contributed by atoms with van der Waals surface area (Å²) in [4.78, 5) is 3.94. The third-order valence-corrected chi connectivity index (χ3v) is 7.88. The third kappa shape index (κ3) is 3.07. The molecule has 0 bridgehead atoms. The van der Waals surface area contributed by atoms with Gasteiger partial charge in [-0.25, -0.2) is 0 Å². The molecule has 2 aliphatic heterocycles. The van der Waals surface area contributed by atoms with Crippen LogP contribution < -0.4 is 4.72 Å². The molecule has 2 aromatic rings. The van der Waals surface area contributed by atoms with E-state index in [0.717, 1.165) is 34.1 Å². The van der Waals surface area contributed by atoms with Crippen LogP contribution in [0.3, 0.4) is 0 Å². The Morgan fingerprint density at radius 2 is 1.92 bits per heavy atom. The maximum atomic E-state index is 4.58. The molecule has 3 aliphatic rings. The zero-order valence-electron chi connectivity index (χ0n) is 14.9. The third-order valence-electron chi connectivity index (χ3n) is 5.90. The number of aromatic nitrogens is 2. The number of thioether (sulfide) groups is 1. The van der Waals surface area contributed by atoms with Crippen molar-refractivity contribution >= 4 is 39.5 Å². The lowest BCUT2D eigenvalue weighted by Gasteiger charge is -2.47. The van der Waals surface area contributed by atoms with Crippen LogP contribution in [0.2, 0.25) is 0 Å². The monoisotopic (exact) mass is 384 g/mol. The summed E-state index contributed by atoms with van der Waals surface area (Å²) < 4.78 is 3.65. The number of hydrogen-bond acceptors (Lipinski definition) is 6. The molecule has 5 rings (SSSR count). The van der Waals surface area contributed by atoms with Crippen LogP contribution in [0.5, 0.6) is 0 Å². The highest BCUT2D eigenvalue weighted by Crippen LogP contribution is 2.42. The molecular weight excluding hydrogens is 360 g/mol. The van der Waals surface area contributed by atoms with E-state index in [1.807, 2.05) is 23.9 Å². The van der Waals surface area contributed by atoms with E-state index in [1.165, 1.54) is 49.3 Å². The number of nitrogens with zero attached hydrogens (tertiary/aromatic N) is 3. The summed E-state index contributed by atoms with van der Waals surface area (Å²) in [6, 6.07) is 11.1. The van der Waals surface area contributed by atoms with Crippen molar-refractivity contribution in [2.75, 3.05) is 11.6 Å². The normalized spacial score (nSPS) is 26.5. The highest BCUT2D eigenvalue weighted by atomic mass is 32.2. The number of hydrogen-bond donors (Lipinski definition) is 1. The predicted molar refractivity (Wildman–Crippen MR) is 111 cm³/mol. The molecule has 2 fully saturated rings. The predicted octanol–water partition coefficient (Wildman–Crippen LogP) is 4.85. The van der Waals surface area contributed by atoms with E-state index >= 15 is 0 Å². The smallest absolute Gasteiger partial charge is 0.128 e. The van der Waals surface area contributed by atoms with Gasteiger partial charge in [0.25, 0.3) is 0 Å². The number of piperidine rings is 1. The molecule has 6 heteroatoms. The number of rotatable bonds is 2. The van der Waals surface area contributed by atoms with E-state index in [2.05, 4.69) is 38.0 Å². The highest BCUT2D eigenvalue weighted by Gasteiger charge is 2.36. The zero-order valence-corrected chi connectivity index (χ0v) is 16.5. The molecule has 136 valence electrons. The first-order valence-electron chi connectivity index (χ1n) is 9.64. The van der Waals surface area contributed by atoms with E-state index in [9.17, 15) is 0 Å². The van der Waals surface area contributed by atoms with Gasteiger partial charge in [0.15, 0.2) is 0 Å². The minimum atomic E-state index is 0.697. The first-order chi connectivity index (χ1) is 12.9. The summed E-state index contributed by atoms with van der Waals surface area (Å²) in [5.41, 5.74) is 1.97. The molecule has 1 aromatic carbocycles. The quantitative estimate of drug-likeness (QED) is 0.746. The second-order valence-electron chi connectivity index (χ2n) is 7.42. The Morgan fingerprint density at radius 3 is 2.92 bits per heavy atom. The van der Waals surface area contributed by atoms with Gasteiger partial charge in [0.05, 0.1) is 15.5 Å². The van der Waals surface area contributed by atoms with E-state index < -0.39 is 0 Å². The van der Waals surface area contributed by atoms with E-state index in [0.29, 0.717) is 6.04 Å². The van der Waals surface area contributed by atoms with Crippen LogP contribution in [-0.4, -0.2) is 32.8 Å². The van der Waals surface area contributed by atoms with Crippen molar-refractivity contribution in [3.63, 3.8) is 0 Å². The van der Waals surface area contributed by atoms with Gasteiger partial charge in [-0.1, -0.05) is 31.0 Å². The molecule has 2 unspecified atom stereocenters. The van der Waals surface area contributed by atoms with Crippen LogP contribution in [0.25, 0.3) is 15.8 Å². The Balaban J connectivity index is 1.56. The summed E-state index contributed by atoms with van der Waals surface area (Å²) in [6.07, 6.45) is 8.23. The van der Waals surface area contributed by atoms with Crippen LogP contribution in [0.15, 0.2) is 36.2 Å². The first-order valence-corrected chi connectivity index (χ1v) is 11.6. The van der Waals surface area contributed by atoms with Crippen molar-refractivity contribution in [3.8, 4) is 0 Å². The fourth-order valence-corrected chi connectivity index (χ4v) is 6.60. The van der Waals surface area contributed by atoms with Gasteiger partial charge < -0.3 is 9.62 Å². The van der Waals surface area contributed by atoms with Gasteiger partial charge in [-0.2, -0.15) is 0 Å². The van der Waals surface area contributed by atoms with Gasteiger partial charge in [0.1, 0.15) is 11.5 Å². The topological polar surface area (TPSA) is 41.1 Å². The van der Waals surface area contributed by atoms with Crippen LogP contribution in [0.4, 0.5) is 0 Å². The van der Waals surface area contributed by atoms with Crippen molar-refractivity contribution in [1.82, 2.24) is 19.8 Å². The summed E-state index contributed by atoms with van der Waals surface area (Å²) in [5.74, 6) is 2.15. The van der Waals surface area contributed by atoms with E-state index in [-0.39, 0.29) is 0 Å². The van der Waals surface area contributed by atoms with Crippen molar-refractivity contribution in [3.05, 3.63) is 41.8 Å². The summed E-state index contributed by atoms with van der Waals surface area (Å²) >= 11 is 3.71. The molecule has 26 heavy (non-hydrogen) atoms. The lowest BCUT2D eigenvalue weighted by Crippen LogP contribution is -2.48. The summed E-state index contributed by atoms with van der Waals surface area (Å²) in [5, 5.41) is 11.2. The standard InChI is InChI=1S/C20H24N4S2/c1-3-9-16-15(7-1)12-17(22-21-16)19-20(23-26-13-25-19)24-11-5-8-14-6-2-4-10-18(14)24/h1,3,7,9,12,14,18,23H,2,4-6,8,10-11,13H2. The molecule has 0 radical (unpaired) electrons. The van der Waals surface area contributed by atoms with Gasteiger partial charge in [0, 0.05) is 18.0 Å². The fraction of sp³-hybridized carbons (Fsp3) is 0.500. The van der Waals surface area contributed by atoms with Crippen molar-refractivity contribution in [1.29, 1.82) is 0 Å². The molecule has 1 saturated heterocycles. The molecule has 3 heterocycles. The lowest BCUT2D eigenvalue weighted by atomic mass is 9.78. The molecule has 0 amide bonds. The van der Waals surface area contributed by atoms with Gasteiger partial charge >= 0.3 is 0 Å². The van der Waals surface area contributed by atoms with Gasteiger partial charge in [-0.3, -0.25) is 0 Å². The van der Waals surface area contributed by atoms with Crippen molar-refractivity contribution in [2.24, 2.45) is 5.92 Å². The molecule has 1 aliphatic carbocycles. The van der Waals surface area contributed by atoms with Gasteiger partial charge in [0.2, 0.25) is 0 Å². The van der Waals surface area contributed by atoms with E-state index in [1.54, 1.807) is 11.9 Å². The molecule has 0 spiro atoms. The average Bonchev–Trinajstić information content (AvgIpc) is 2.73. The fourth-order valence-electron chi connectivity index (χ4n) is 4.68. The second kappa shape index (κ2) is 7.31. The van der Waals surface area contributed by atoms with Crippen molar-refractivity contribution < 1.29 is 0 Å². The minimum Gasteiger partial charge on any atom is -0.354 e. The molecule has 1 saturated carbocycles. The number of benzene rings is 1. The summed E-state index contributed by atoms with van der Waals surface area (Å²) in [7, 11) is 0. The van der Waals surface area contributed by atoms with Crippen LogP contribution in [0, 0.1) is 5.92 Å². The van der Waals surface area contributed by atoms with Crippen LogP contribution >= 0.6 is 23.7 Å². The Kier molecular flexibility index (Phi) is 4.71. The Morgan fingerprint density at radius 1 is 1.04 bits per heavy atom. The maximum absolute atomic E-state index is 4.58. The largest absolute Gasteiger partial charge is 0.354 e. The number of fused-ring (bicyclic) bond motifs is 2. The Hall–Kier alpha value is -1.40. The van der Waals surface area contributed by atoms with Crippen LogP contribution in [-0.2, 0) is 0 Å². The number of likely N-dealkylation sites (tertiary alicyclic amines) is 1. The second-order valence-corrected chi connectivity index (χ2v) is 9.55. The molecule has 2 atom stereocenters. The average molecular weight is 385 g/mol. The van der Waals surface area contributed by atoms with Gasteiger partial charge in [-0.05, 0) is 55.7 Å².